The molecule has 0 aliphatic carbocycles. The molecule has 1 heterocycles. The number of hydrogen-bond donors (Lipinski definition) is 2. The Hall–Kier alpha value is -3.41. The van der Waals surface area contributed by atoms with Crippen molar-refractivity contribution in [2.24, 2.45) is 0 Å². The minimum atomic E-state index is -0.859. The summed E-state index contributed by atoms with van der Waals surface area (Å²) in [4.78, 5) is 32.1. The molecule has 27 heavy (non-hydrogen) atoms. The van der Waals surface area contributed by atoms with Crippen LogP contribution in [0.25, 0.3) is 11.4 Å². The normalized spacial score (nSPS) is 11.6. The third-order valence-corrected chi connectivity index (χ3v) is 4.21. The number of amides is 1. The zero-order valence-electron chi connectivity index (χ0n) is 15.2. The Balaban J connectivity index is 1.66. The number of nitrogens with one attached hydrogen (secondary N) is 2. The molecule has 2 N–H and O–H groups in total. The van der Waals surface area contributed by atoms with E-state index in [-0.39, 0.29) is 5.91 Å². The molecule has 0 spiro atoms. The van der Waals surface area contributed by atoms with Gasteiger partial charge >= 0.3 is 5.97 Å². The predicted octanol–water partition coefficient (Wildman–Crippen LogP) is 3.96. The van der Waals surface area contributed by atoms with E-state index in [4.69, 9.17) is 4.74 Å². The highest BCUT2D eigenvalue weighted by molar-refractivity contribution is 5.98. The number of nitrogens with zero attached hydrogens (tertiary/aromatic N) is 1. The number of imidazole rings is 1. The first-order chi connectivity index (χ1) is 13.1. The average molecular weight is 363 g/mol. The number of para-hydroxylation sites is 1. The Labute approximate surface area is 157 Å². The average Bonchev–Trinajstić information content (AvgIpc) is 3.22. The van der Waals surface area contributed by atoms with Crippen LogP contribution < -0.4 is 5.32 Å². The molecule has 0 aliphatic heterocycles. The highest BCUT2D eigenvalue weighted by Crippen LogP contribution is 2.18. The molecule has 0 fully saturated rings. The van der Waals surface area contributed by atoms with Crippen molar-refractivity contribution in [1.29, 1.82) is 0 Å². The molecule has 1 aromatic heterocycles. The zero-order valence-corrected chi connectivity index (χ0v) is 15.2. The van der Waals surface area contributed by atoms with Crippen LogP contribution >= 0.6 is 0 Å². The maximum absolute atomic E-state index is 12.5. The molecule has 1 unspecified atom stereocenters. The van der Waals surface area contributed by atoms with Crippen molar-refractivity contribution in [3.8, 4) is 11.4 Å². The minimum Gasteiger partial charge on any atom is -0.449 e. The van der Waals surface area contributed by atoms with Crippen molar-refractivity contribution in [2.45, 2.75) is 26.4 Å². The summed E-state index contributed by atoms with van der Waals surface area (Å²) in [7, 11) is 0. The van der Waals surface area contributed by atoms with Gasteiger partial charge in [-0.05, 0) is 37.1 Å². The van der Waals surface area contributed by atoms with Crippen molar-refractivity contribution in [3.63, 3.8) is 0 Å². The monoisotopic (exact) mass is 363 g/mol. The number of anilines is 1. The van der Waals surface area contributed by atoms with Crippen molar-refractivity contribution in [1.82, 2.24) is 9.97 Å². The fourth-order valence-electron chi connectivity index (χ4n) is 2.63. The highest BCUT2D eigenvalue weighted by atomic mass is 16.5. The van der Waals surface area contributed by atoms with Gasteiger partial charge in [0, 0.05) is 23.6 Å². The summed E-state index contributed by atoms with van der Waals surface area (Å²) in [6, 6.07) is 14.3. The van der Waals surface area contributed by atoms with E-state index in [9.17, 15) is 9.59 Å². The topological polar surface area (TPSA) is 84.1 Å². The summed E-state index contributed by atoms with van der Waals surface area (Å²) in [6.07, 6.45) is 2.92. The van der Waals surface area contributed by atoms with Crippen LogP contribution in [0.5, 0.6) is 0 Å². The Kier molecular flexibility index (Phi) is 5.66. The van der Waals surface area contributed by atoms with Gasteiger partial charge in [-0.1, -0.05) is 37.3 Å². The molecule has 6 nitrogen and oxygen atoms in total. The van der Waals surface area contributed by atoms with Gasteiger partial charge in [-0.3, -0.25) is 4.79 Å². The molecular weight excluding hydrogens is 342 g/mol. The number of aromatic nitrogens is 2. The molecule has 6 heteroatoms. The van der Waals surface area contributed by atoms with Gasteiger partial charge in [0.25, 0.3) is 5.91 Å². The summed E-state index contributed by atoms with van der Waals surface area (Å²) < 4.78 is 5.42. The molecule has 0 radical (unpaired) electrons. The number of H-pyrrole nitrogens is 1. The third-order valence-electron chi connectivity index (χ3n) is 4.21. The van der Waals surface area contributed by atoms with Crippen LogP contribution in [0.3, 0.4) is 0 Å². The van der Waals surface area contributed by atoms with Crippen molar-refractivity contribution < 1.29 is 14.3 Å². The number of hydrogen-bond acceptors (Lipinski definition) is 4. The van der Waals surface area contributed by atoms with E-state index in [1.54, 1.807) is 43.6 Å². The standard InChI is InChI=1S/C21H21N3O3/c1-3-18(20(25)24-17-7-5-4-6-14(17)2)27-21(26)16-10-8-15(9-11-16)19-22-12-13-23-19/h4-13,18H,3H2,1-2H3,(H,22,23)(H,24,25). The number of carbonyl (C=O) groups excluding carboxylic acids is 2. The number of carbonyl (C=O) groups is 2. The van der Waals surface area contributed by atoms with Gasteiger partial charge in [0.1, 0.15) is 5.82 Å². The minimum absolute atomic E-state index is 0.340. The lowest BCUT2D eigenvalue weighted by molar-refractivity contribution is -0.124. The quantitative estimate of drug-likeness (QED) is 0.649. The van der Waals surface area contributed by atoms with Gasteiger partial charge in [-0.15, -0.1) is 0 Å². The lowest BCUT2D eigenvalue weighted by Crippen LogP contribution is -2.32. The van der Waals surface area contributed by atoms with E-state index in [0.717, 1.165) is 17.0 Å². The molecule has 0 aliphatic rings. The first kappa shape index (κ1) is 18.4. The summed E-state index contributed by atoms with van der Waals surface area (Å²) in [5.41, 5.74) is 2.90. The van der Waals surface area contributed by atoms with Crippen LogP contribution in [0, 0.1) is 6.92 Å². The second-order valence-electron chi connectivity index (χ2n) is 6.12. The number of aryl methyl sites for hydroxylation is 1. The number of ether oxygens (including phenoxy) is 1. The van der Waals surface area contributed by atoms with E-state index in [1.165, 1.54) is 0 Å². The van der Waals surface area contributed by atoms with Crippen LogP contribution in [-0.4, -0.2) is 27.9 Å². The molecule has 3 rings (SSSR count). The van der Waals surface area contributed by atoms with E-state index in [0.29, 0.717) is 17.7 Å². The number of aromatic amines is 1. The predicted molar refractivity (Wildman–Crippen MR) is 103 cm³/mol. The van der Waals surface area contributed by atoms with Gasteiger partial charge in [0.05, 0.1) is 5.56 Å². The maximum Gasteiger partial charge on any atom is 0.338 e. The molecule has 0 saturated heterocycles. The van der Waals surface area contributed by atoms with Gasteiger partial charge in [-0.2, -0.15) is 0 Å². The molecule has 2 aromatic carbocycles. The zero-order chi connectivity index (χ0) is 19.2. The van der Waals surface area contributed by atoms with Gasteiger partial charge in [-0.25, -0.2) is 9.78 Å². The second kappa shape index (κ2) is 8.31. The summed E-state index contributed by atoms with van der Waals surface area (Å²) in [5, 5.41) is 2.82. The Bertz CT molecular complexity index is 918. The fourth-order valence-corrected chi connectivity index (χ4v) is 2.63. The molecule has 0 saturated carbocycles. The third kappa shape index (κ3) is 4.41. The van der Waals surface area contributed by atoms with Crippen LogP contribution in [0.15, 0.2) is 60.9 Å². The van der Waals surface area contributed by atoms with E-state index >= 15 is 0 Å². The van der Waals surface area contributed by atoms with Crippen LogP contribution in [-0.2, 0) is 9.53 Å². The smallest absolute Gasteiger partial charge is 0.338 e. The lowest BCUT2D eigenvalue weighted by atomic mass is 10.1. The number of rotatable bonds is 6. The van der Waals surface area contributed by atoms with Crippen LogP contribution in [0.1, 0.15) is 29.3 Å². The van der Waals surface area contributed by atoms with Gasteiger partial charge in [0.15, 0.2) is 6.10 Å². The molecule has 138 valence electrons. The molecule has 0 bridgehead atoms. The fraction of sp³-hybridized carbons (Fsp3) is 0.190. The van der Waals surface area contributed by atoms with Gasteiger partial charge < -0.3 is 15.0 Å². The summed E-state index contributed by atoms with van der Waals surface area (Å²) in [5.74, 6) is -0.154. The van der Waals surface area contributed by atoms with Crippen molar-refractivity contribution in [3.05, 3.63) is 72.1 Å². The summed E-state index contributed by atoms with van der Waals surface area (Å²) in [6.45, 7) is 3.71. The first-order valence-electron chi connectivity index (χ1n) is 8.75. The van der Waals surface area contributed by atoms with E-state index in [1.807, 2.05) is 31.2 Å². The number of benzene rings is 2. The molecule has 1 amide bonds. The van der Waals surface area contributed by atoms with E-state index < -0.39 is 12.1 Å². The lowest BCUT2D eigenvalue weighted by Gasteiger charge is -2.17. The Morgan fingerprint density at radius 1 is 1.15 bits per heavy atom. The van der Waals surface area contributed by atoms with Crippen LogP contribution in [0.2, 0.25) is 0 Å². The SMILES string of the molecule is CCC(OC(=O)c1ccc(-c2ncc[nH]2)cc1)C(=O)Nc1ccccc1C. The number of esters is 1. The van der Waals surface area contributed by atoms with Gasteiger partial charge in [0.2, 0.25) is 0 Å². The Morgan fingerprint density at radius 3 is 2.52 bits per heavy atom. The first-order valence-corrected chi connectivity index (χ1v) is 8.75. The van der Waals surface area contributed by atoms with E-state index in [2.05, 4.69) is 15.3 Å². The van der Waals surface area contributed by atoms with Crippen LogP contribution in [0.4, 0.5) is 5.69 Å². The van der Waals surface area contributed by atoms with Crippen molar-refractivity contribution in [2.75, 3.05) is 5.32 Å². The molecular formula is C21H21N3O3. The highest BCUT2D eigenvalue weighted by Gasteiger charge is 2.22. The second-order valence-corrected chi connectivity index (χ2v) is 6.12. The Morgan fingerprint density at radius 2 is 1.89 bits per heavy atom. The largest absolute Gasteiger partial charge is 0.449 e. The summed E-state index contributed by atoms with van der Waals surface area (Å²) >= 11 is 0. The maximum atomic E-state index is 12.5. The van der Waals surface area contributed by atoms with Crippen molar-refractivity contribution >= 4 is 17.6 Å². The molecule has 3 aromatic rings. The molecule has 1 atom stereocenters.